The summed E-state index contributed by atoms with van der Waals surface area (Å²) in [6.07, 6.45) is 0.166. The van der Waals surface area contributed by atoms with Gasteiger partial charge in [-0.25, -0.2) is 0 Å². The van der Waals surface area contributed by atoms with E-state index < -0.39 is 17.3 Å². The summed E-state index contributed by atoms with van der Waals surface area (Å²) in [6, 6.07) is 19.2. The number of rotatable bonds is 7. The molecule has 0 amide bonds. The maximum Gasteiger partial charge on any atom is 0.317 e. The topological polar surface area (TPSA) is 100 Å². The number of hydrogen-bond donors (Lipinski definition) is 0. The van der Waals surface area contributed by atoms with E-state index in [2.05, 4.69) is 0 Å². The molecule has 6 heteroatoms. The molecule has 0 heterocycles. The average molecular weight is 400 g/mol. The van der Waals surface area contributed by atoms with Crippen LogP contribution in [0.5, 0.6) is 5.75 Å². The van der Waals surface area contributed by atoms with Gasteiger partial charge in [0.15, 0.2) is 5.78 Å². The zero-order valence-electron chi connectivity index (χ0n) is 16.7. The number of methoxy groups -OCH3 is 1. The molecule has 2 aromatic rings. The third kappa shape index (κ3) is 3.56. The van der Waals surface area contributed by atoms with Crippen LogP contribution in [0.3, 0.4) is 0 Å². The SMILES string of the molecule is CCOC(=O)[C@]1(C(=C(C#N)C#N)c2cccc(OC)c2)C[C@H]1C(=O)c1ccccc1. The van der Waals surface area contributed by atoms with Crippen molar-refractivity contribution in [3.05, 3.63) is 71.3 Å². The van der Waals surface area contributed by atoms with Gasteiger partial charge >= 0.3 is 5.97 Å². The minimum absolute atomic E-state index is 0.118. The number of benzene rings is 2. The highest BCUT2D eigenvalue weighted by atomic mass is 16.5. The van der Waals surface area contributed by atoms with Crippen LogP contribution in [0.1, 0.15) is 29.3 Å². The fourth-order valence-electron chi connectivity index (χ4n) is 3.79. The molecular formula is C24H20N2O4. The number of allylic oxidation sites excluding steroid dienone is 1. The minimum atomic E-state index is -1.39. The molecule has 0 saturated heterocycles. The Morgan fingerprint density at radius 3 is 2.33 bits per heavy atom. The predicted molar refractivity (Wildman–Crippen MR) is 109 cm³/mol. The van der Waals surface area contributed by atoms with E-state index in [1.54, 1.807) is 61.5 Å². The van der Waals surface area contributed by atoms with E-state index in [0.717, 1.165) is 0 Å². The quantitative estimate of drug-likeness (QED) is 0.396. The number of Topliss-reactive ketones (excluding diaryl/α,β-unsaturated/α-hetero) is 1. The van der Waals surface area contributed by atoms with E-state index >= 15 is 0 Å². The Hall–Kier alpha value is -3.90. The second kappa shape index (κ2) is 8.63. The third-order valence-electron chi connectivity index (χ3n) is 5.25. The van der Waals surface area contributed by atoms with Crippen molar-refractivity contribution in [1.29, 1.82) is 10.5 Å². The van der Waals surface area contributed by atoms with Crippen LogP contribution in [0.25, 0.3) is 5.57 Å². The normalized spacial score (nSPS) is 19.0. The van der Waals surface area contributed by atoms with Crippen molar-refractivity contribution in [3.8, 4) is 17.9 Å². The molecule has 2 atom stereocenters. The van der Waals surface area contributed by atoms with Crippen molar-refractivity contribution in [2.75, 3.05) is 13.7 Å². The number of nitrogens with zero attached hydrogens (tertiary/aromatic N) is 2. The van der Waals surface area contributed by atoms with Crippen LogP contribution in [-0.4, -0.2) is 25.5 Å². The predicted octanol–water partition coefficient (Wildman–Crippen LogP) is 3.95. The maximum atomic E-state index is 13.2. The van der Waals surface area contributed by atoms with Crippen LogP contribution >= 0.6 is 0 Å². The Balaban J connectivity index is 2.20. The van der Waals surface area contributed by atoms with Gasteiger partial charge in [0.1, 0.15) is 28.9 Å². The van der Waals surface area contributed by atoms with Gasteiger partial charge in [0.2, 0.25) is 0 Å². The van der Waals surface area contributed by atoms with E-state index in [0.29, 0.717) is 16.9 Å². The third-order valence-corrected chi connectivity index (χ3v) is 5.25. The Kier molecular flexibility index (Phi) is 5.99. The smallest absolute Gasteiger partial charge is 0.317 e. The van der Waals surface area contributed by atoms with Gasteiger partial charge in [-0.1, -0.05) is 42.5 Å². The molecule has 0 spiro atoms. The van der Waals surface area contributed by atoms with E-state index in [9.17, 15) is 20.1 Å². The van der Waals surface area contributed by atoms with Gasteiger partial charge in [0.25, 0.3) is 0 Å². The number of hydrogen-bond acceptors (Lipinski definition) is 6. The number of nitriles is 2. The highest BCUT2D eigenvalue weighted by Gasteiger charge is 2.67. The molecule has 0 aromatic heterocycles. The molecule has 0 radical (unpaired) electrons. The second-order valence-corrected chi connectivity index (χ2v) is 6.88. The van der Waals surface area contributed by atoms with Crippen LogP contribution in [-0.2, 0) is 9.53 Å². The number of carbonyl (C=O) groups is 2. The van der Waals surface area contributed by atoms with Crippen molar-refractivity contribution in [2.24, 2.45) is 11.3 Å². The van der Waals surface area contributed by atoms with Crippen LogP contribution in [0.4, 0.5) is 0 Å². The lowest BCUT2D eigenvalue weighted by atomic mass is 9.82. The summed E-state index contributed by atoms with van der Waals surface area (Å²) < 4.78 is 10.6. The first-order valence-corrected chi connectivity index (χ1v) is 9.49. The summed E-state index contributed by atoms with van der Waals surface area (Å²) in [5, 5.41) is 19.3. The molecule has 0 bridgehead atoms. The molecule has 0 aliphatic heterocycles. The van der Waals surface area contributed by atoms with Crippen molar-refractivity contribution >= 4 is 17.3 Å². The molecular weight excluding hydrogens is 380 g/mol. The van der Waals surface area contributed by atoms with Gasteiger partial charge in [0, 0.05) is 17.1 Å². The Morgan fingerprint density at radius 2 is 1.73 bits per heavy atom. The number of carbonyl (C=O) groups excluding carboxylic acids is 2. The molecule has 0 N–H and O–H groups in total. The fraction of sp³-hybridized carbons (Fsp3) is 0.250. The van der Waals surface area contributed by atoms with Crippen LogP contribution in [0.2, 0.25) is 0 Å². The van der Waals surface area contributed by atoms with E-state index in [4.69, 9.17) is 9.47 Å². The second-order valence-electron chi connectivity index (χ2n) is 6.88. The molecule has 6 nitrogen and oxygen atoms in total. The first-order valence-electron chi connectivity index (χ1n) is 9.49. The van der Waals surface area contributed by atoms with E-state index in [-0.39, 0.29) is 30.0 Å². The monoisotopic (exact) mass is 400 g/mol. The largest absolute Gasteiger partial charge is 0.497 e. The summed E-state index contributed by atoms with van der Waals surface area (Å²) in [7, 11) is 1.50. The zero-order chi connectivity index (χ0) is 21.7. The first-order chi connectivity index (χ1) is 14.5. The first kappa shape index (κ1) is 20.8. The lowest BCUT2D eigenvalue weighted by molar-refractivity contribution is -0.147. The summed E-state index contributed by atoms with van der Waals surface area (Å²) in [6.45, 7) is 1.79. The molecule has 3 rings (SSSR count). The lowest BCUT2D eigenvalue weighted by Crippen LogP contribution is -2.26. The minimum Gasteiger partial charge on any atom is -0.497 e. The van der Waals surface area contributed by atoms with Gasteiger partial charge < -0.3 is 9.47 Å². The molecule has 0 unspecified atom stereocenters. The Bertz CT molecular complexity index is 1080. The van der Waals surface area contributed by atoms with Gasteiger partial charge in [-0.05, 0) is 31.0 Å². The molecule has 1 fully saturated rings. The van der Waals surface area contributed by atoms with E-state index in [1.165, 1.54) is 7.11 Å². The molecule has 150 valence electrons. The highest BCUT2D eigenvalue weighted by molar-refractivity contribution is 6.11. The molecule has 30 heavy (non-hydrogen) atoms. The summed E-state index contributed by atoms with van der Waals surface area (Å²) in [4.78, 5) is 26.3. The van der Waals surface area contributed by atoms with Crippen molar-refractivity contribution < 1.29 is 19.1 Å². The van der Waals surface area contributed by atoms with E-state index in [1.807, 2.05) is 12.1 Å². The van der Waals surface area contributed by atoms with Crippen molar-refractivity contribution in [1.82, 2.24) is 0 Å². The van der Waals surface area contributed by atoms with Gasteiger partial charge in [-0.2, -0.15) is 10.5 Å². The summed E-state index contributed by atoms with van der Waals surface area (Å²) in [5.74, 6) is -1.05. The molecule has 1 saturated carbocycles. The van der Waals surface area contributed by atoms with Crippen LogP contribution in [0.15, 0.2) is 60.2 Å². The summed E-state index contributed by atoms with van der Waals surface area (Å²) >= 11 is 0. The Morgan fingerprint density at radius 1 is 1.07 bits per heavy atom. The maximum absolute atomic E-state index is 13.2. The van der Waals surface area contributed by atoms with Gasteiger partial charge in [-0.15, -0.1) is 0 Å². The molecule has 2 aromatic carbocycles. The Labute approximate surface area is 175 Å². The number of ether oxygens (including phenoxy) is 2. The highest BCUT2D eigenvalue weighted by Crippen LogP contribution is 2.63. The lowest BCUT2D eigenvalue weighted by Gasteiger charge is -2.21. The average Bonchev–Trinajstić information content (AvgIpc) is 3.54. The zero-order valence-corrected chi connectivity index (χ0v) is 16.7. The fourth-order valence-corrected chi connectivity index (χ4v) is 3.79. The number of esters is 1. The van der Waals surface area contributed by atoms with Gasteiger partial charge in [-0.3, -0.25) is 9.59 Å². The van der Waals surface area contributed by atoms with Crippen LogP contribution < -0.4 is 4.74 Å². The van der Waals surface area contributed by atoms with Crippen molar-refractivity contribution in [2.45, 2.75) is 13.3 Å². The van der Waals surface area contributed by atoms with Crippen LogP contribution in [0, 0.1) is 34.0 Å². The number of ketones is 1. The summed E-state index contributed by atoms with van der Waals surface area (Å²) in [5.41, 5.74) is -0.465. The van der Waals surface area contributed by atoms with Gasteiger partial charge in [0.05, 0.1) is 13.7 Å². The standard InChI is InChI=1S/C24H20N2O4/c1-3-30-23(28)24(13-20(24)22(27)16-8-5-4-6-9-16)21(18(14-25)15-26)17-10-7-11-19(12-17)29-2/h4-12,20H,3,13H2,1-2H3/t20-,24+/m0/s1. The molecule has 1 aliphatic carbocycles. The van der Waals surface area contributed by atoms with Crippen molar-refractivity contribution in [3.63, 3.8) is 0 Å². The molecule has 1 aliphatic rings.